The van der Waals surface area contributed by atoms with Gasteiger partial charge in [-0.05, 0) is 31.2 Å². The zero-order valence-corrected chi connectivity index (χ0v) is 17.0. The number of aromatic nitrogens is 3. The molecule has 12 heteroatoms. The van der Waals surface area contributed by atoms with Gasteiger partial charge in [0.05, 0.1) is 19.2 Å². The lowest BCUT2D eigenvalue weighted by Crippen LogP contribution is -2.31. The minimum atomic E-state index is -4.71. The van der Waals surface area contributed by atoms with Crippen LogP contribution in [0.2, 0.25) is 0 Å². The van der Waals surface area contributed by atoms with Gasteiger partial charge < -0.3 is 14.5 Å². The molecule has 3 heterocycles. The van der Waals surface area contributed by atoms with E-state index in [2.05, 4.69) is 20.1 Å². The summed E-state index contributed by atoms with van der Waals surface area (Å²) in [6.45, 7) is 0.626. The molecule has 0 aliphatic rings. The van der Waals surface area contributed by atoms with Crippen LogP contribution in [0.15, 0.2) is 47.3 Å². The molecule has 0 fully saturated rings. The standard InChI is InChI=1S/C21H16F4N4O4/c1-11(21(23,24)25)32-17(30)8-13-6-14(22)5-12-7-15(33-18(12)13)9-27-20(31)16-10-28-29-4-2-3-26-19(16)29/h2-7,10-11H,8-9H2,1H3,(H,27,31)/t11-/m1/s1. The first-order valence-electron chi connectivity index (χ1n) is 9.65. The smallest absolute Gasteiger partial charge is 0.425 e. The third-order valence-electron chi connectivity index (χ3n) is 4.76. The Morgan fingerprint density at radius 1 is 1.27 bits per heavy atom. The number of hydrogen-bond donors (Lipinski definition) is 1. The van der Waals surface area contributed by atoms with Crippen molar-refractivity contribution < 1.29 is 36.3 Å². The molecule has 0 aliphatic heterocycles. The number of nitrogens with one attached hydrogen (secondary N) is 1. The highest BCUT2D eigenvalue weighted by Gasteiger charge is 2.39. The Morgan fingerprint density at radius 2 is 2.06 bits per heavy atom. The third kappa shape index (κ3) is 4.78. The minimum Gasteiger partial charge on any atom is -0.459 e. The number of nitrogens with zero attached hydrogens (tertiary/aromatic N) is 3. The van der Waals surface area contributed by atoms with Crippen LogP contribution >= 0.6 is 0 Å². The zero-order valence-electron chi connectivity index (χ0n) is 17.0. The van der Waals surface area contributed by atoms with E-state index in [1.165, 1.54) is 23.0 Å². The molecule has 1 atom stereocenters. The maximum absolute atomic E-state index is 14.0. The van der Waals surface area contributed by atoms with E-state index in [9.17, 15) is 27.2 Å². The van der Waals surface area contributed by atoms with Crippen LogP contribution in [0.1, 0.15) is 28.6 Å². The van der Waals surface area contributed by atoms with Crippen LogP contribution in [0.25, 0.3) is 16.6 Å². The van der Waals surface area contributed by atoms with Gasteiger partial charge in [-0.15, -0.1) is 0 Å². The molecular weight excluding hydrogens is 448 g/mol. The molecule has 1 amide bonds. The first-order chi connectivity index (χ1) is 15.6. The van der Waals surface area contributed by atoms with Crippen LogP contribution in [0.4, 0.5) is 17.6 Å². The largest absolute Gasteiger partial charge is 0.459 e. The lowest BCUT2D eigenvalue weighted by Gasteiger charge is -2.16. The molecular formula is C21H16F4N4O4. The Bertz CT molecular complexity index is 1350. The van der Waals surface area contributed by atoms with Crippen molar-refractivity contribution in [3.05, 3.63) is 65.6 Å². The van der Waals surface area contributed by atoms with E-state index >= 15 is 0 Å². The number of halogens is 4. The molecule has 8 nitrogen and oxygen atoms in total. The van der Waals surface area contributed by atoms with Gasteiger partial charge in [0.25, 0.3) is 5.91 Å². The van der Waals surface area contributed by atoms with Gasteiger partial charge in [-0.2, -0.15) is 18.3 Å². The number of hydrogen-bond acceptors (Lipinski definition) is 6. The molecule has 0 saturated carbocycles. The van der Waals surface area contributed by atoms with Crippen LogP contribution in [-0.2, 0) is 22.5 Å². The van der Waals surface area contributed by atoms with Crippen molar-refractivity contribution in [2.75, 3.05) is 0 Å². The first kappa shape index (κ1) is 22.2. The van der Waals surface area contributed by atoms with Crippen LogP contribution < -0.4 is 5.32 Å². The summed E-state index contributed by atoms with van der Waals surface area (Å²) in [6, 6.07) is 5.25. The number of benzene rings is 1. The molecule has 0 bridgehead atoms. The normalized spacial score (nSPS) is 12.8. The maximum Gasteiger partial charge on any atom is 0.425 e. The van der Waals surface area contributed by atoms with E-state index in [0.29, 0.717) is 12.6 Å². The van der Waals surface area contributed by atoms with Gasteiger partial charge >= 0.3 is 12.1 Å². The van der Waals surface area contributed by atoms with Crippen molar-refractivity contribution in [3.63, 3.8) is 0 Å². The molecule has 3 aromatic heterocycles. The highest BCUT2D eigenvalue weighted by molar-refractivity contribution is 5.99. The van der Waals surface area contributed by atoms with Crippen molar-refractivity contribution in [3.8, 4) is 0 Å². The summed E-state index contributed by atoms with van der Waals surface area (Å²) >= 11 is 0. The highest BCUT2D eigenvalue weighted by atomic mass is 19.4. The second-order valence-electron chi connectivity index (χ2n) is 7.18. The van der Waals surface area contributed by atoms with Crippen molar-refractivity contribution in [2.45, 2.75) is 32.2 Å². The molecule has 0 spiro atoms. The average molecular weight is 464 g/mol. The number of rotatable bonds is 6. The molecule has 0 unspecified atom stereocenters. The quantitative estimate of drug-likeness (QED) is 0.346. The third-order valence-corrected chi connectivity index (χ3v) is 4.76. The zero-order chi connectivity index (χ0) is 23.8. The van der Waals surface area contributed by atoms with E-state index in [-0.39, 0.29) is 34.4 Å². The summed E-state index contributed by atoms with van der Waals surface area (Å²) in [5, 5.41) is 6.94. The van der Waals surface area contributed by atoms with Crippen molar-refractivity contribution in [1.82, 2.24) is 19.9 Å². The number of fused-ring (bicyclic) bond motifs is 2. The molecule has 0 radical (unpaired) electrons. The predicted molar refractivity (Wildman–Crippen MR) is 106 cm³/mol. The van der Waals surface area contributed by atoms with Crippen LogP contribution in [-0.4, -0.2) is 38.8 Å². The Labute approximate surface area is 183 Å². The van der Waals surface area contributed by atoms with Gasteiger partial charge in [0.2, 0.25) is 0 Å². The molecule has 172 valence electrons. The highest BCUT2D eigenvalue weighted by Crippen LogP contribution is 2.27. The van der Waals surface area contributed by atoms with E-state index in [4.69, 9.17) is 4.42 Å². The number of furan rings is 1. The summed E-state index contributed by atoms with van der Waals surface area (Å²) < 4.78 is 63.3. The number of esters is 1. The molecule has 4 aromatic rings. The molecule has 1 N–H and O–H groups in total. The van der Waals surface area contributed by atoms with Crippen LogP contribution in [0, 0.1) is 5.82 Å². The summed E-state index contributed by atoms with van der Waals surface area (Å²) in [6.07, 6.45) is -3.12. The van der Waals surface area contributed by atoms with Gasteiger partial charge in [0, 0.05) is 23.3 Å². The first-order valence-corrected chi connectivity index (χ1v) is 9.65. The van der Waals surface area contributed by atoms with E-state index in [1.54, 1.807) is 12.3 Å². The lowest BCUT2D eigenvalue weighted by atomic mass is 10.1. The Morgan fingerprint density at radius 3 is 2.82 bits per heavy atom. The lowest BCUT2D eigenvalue weighted by molar-refractivity contribution is -0.215. The summed E-state index contributed by atoms with van der Waals surface area (Å²) in [7, 11) is 0. The molecule has 0 aliphatic carbocycles. The van der Waals surface area contributed by atoms with E-state index < -0.39 is 36.4 Å². The fourth-order valence-electron chi connectivity index (χ4n) is 3.17. The number of carbonyl (C=O) groups is 2. The Balaban J connectivity index is 1.50. The number of amides is 1. The SMILES string of the molecule is C[C@@H](OC(=O)Cc1cc(F)cc2cc(CNC(=O)c3cnn4cccnc34)oc12)C(F)(F)F. The second kappa shape index (κ2) is 8.52. The Kier molecular flexibility index (Phi) is 5.75. The summed E-state index contributed by atoms with van der Waals surface area (Å²) in [5.41, 5.74) is 0.722. The van der Waals surface area contributed by atoms with Crippen LogP contribution in [0.5, 0.6) is 0 Å². The number of alkyl halides is 3. The number of carbonyl (C=O) groups excluding carboxylic acids is 2. The molecule has 33 heavy (non-hydrogen) atoms. The maximum atomic E-state index is 14.0. The average Bonchev–Trinajstić information content (AvgIpc) is 3.35. The van der Waals surface area contributed by atoms with Gasteiger partial charge in [-0.25, -0.2) is 13.9 Å². The van der Waals surface area contributed by atoms with Gasteiger partial charge in [0.1, 0.15) is 22.7 Å². The molecule has 0 saturated heterocycles. The van der Waals surface area contributed by atoms with E-state index in [1.807, 2.05) is 0 Å². The van der Waals surface area contributed by atoms with Gasteiger partial charge in [-0.3, -0.25) is 9.59 Å². The van der Waals surface area contributed by atoms with Crippen molar-refractivity contribution >= 4 is 28.5 Å². The molecule has 4 rings (SSSR count). The van der Waals surface area contributed by atoms with Gasteiger partial charge in [-0.1, -0.05) is 0 Å². The fraction of sp³-hybridized carbons (Fsp3) is 0.238. The summed E-state index contributed by atoms with van der Waals surface area (Å²) in [5.74, 6) is -2.12. The second-order valence-corrected chi connectivity index (χ2v) is 7.18. The van der Waals surface area contributed by atoms with Gasteiger partial charge in [0.15, 0.2) is 11.8 Å². The molecule has 1 aromatic carbocycles. The van der Waals surface area contributed by atoms with Crippen molar-refractivity contribution in [2.24, 2.45) is 0 Å². The van der Waals surface area contributed by atoms with E-state index in [0.717, 1.165) is 12.1 Å². The topological polar surface area (TPSA) is 98.7 Å². The predicted octanol–water partition coefficient (Wildman–Crippen LogP) is 3.58. The van der Waals surface area contributed by atoms with Crippen molar-refractivity contribution in [1.29, 1.82) is 0 Å². The monoisotopic (exact) mass is 464 g/mol. The summed E-state index contributed by atoms with van der Waals surface area (Å²) in [4.78, 5) is 28.5. The fourth-order valence-corrected chi connectivity index (χ4v) is 3.17. The minimum absolute atomic E-state index is 0.0220. The Hall–Kier alpha value is -3.96. The number of ether oxygens (including phenoxy) is 1. The van der Waals surface area contributed by atoms with Crippen LogP contribution in [0.3, 0.4) is 0 Å².